The number of methoxy groups -OCH3 is 1. The molecule has 3 aromatic rings. The number of ether oxygens (including phenoxy) is 1. The fourth-order valence-electron chi connectivity index (χ4n) is 4.44. The van der Waals surface area contributed by atoms with Gasteiger partial charge >= 0.3 is 0 Å². The SMILES string of the molecule is COc1ccc(C2CC(N3CCN(C(=O)c4ccc5[nH]ccc5c4)CC3)NN2)cc1. The van der Waals surface area contributed by atoms with Crippen molar-refractivity contribution in [3.63, 3.8) is 0 Å². The molecule has 0 spiro atoms. The van der Waals surface area contributed by atoms with Crippen molar-refractivity contribution in [2.75, 3.05) is 33.3 Å². The van der Waals surface area contributed by atoms with Crippen LogP contribution < -0.4 is 15.6 Å². The lowest BCUT2D eigenvalue weighted by molar-refractivity contribution is 0.0545. The van der Waals surface area contributed by atoms with Crippen molar-refractivity contribution in [3.8, 4) is 5.75 Å². The maximum Gasteiger partial charge on any atom is 0.253 e. The molecular weight excluding hydrogens is 378 g/mol. The first-order valence-electron chi connectivity index (χ1n) is 10.5. The minimum atomic E-state index is 0.117. The van der Waals surface area contributed by atoms with Crippen LogP contribution in [0.15, 0.2) is 54.7 Å². The summed E-state index contributed by atoms with van der Waals surface area (Å²) in [5.41, 5.74) is 9.92. The number of benzene rings is 2. The lowest BCUT2D eigenvalue weighted by Crippen LogP contribution is -2.55. The molecule has 0 bridgehead atoms. The van der Waals surface area contributed by atoms with Gasteiger partial charge in [-0.05, 0) is 48.4 Å². The highest BCUT2D eigenvalue weighted by Gasteiger charge is 2.32. The van der Waals surface area contributed by atoms with Crippen molar-refractivity contribution in [3.05, 3.63) is 65.9 Å². The quantitative estimate of drug-likeness (QED) is 0.622. The number of hydrogen-bond acceptors (Lipinski definition) is 5. The Labute approximate surface area is 176 Å². The Morgan fingerprint density at radius 1 is 1.00 bits per heavy atom. The van der Waals surface area contributed by atoms with Crippen molar-refractivity contribution in [2.45, 2.75) is 18.6 Å². The standard InChI is InChI=1S/C23H27N5O2/c1-30-19-5-2-16(3-6-19)21-15-22(26-25-21)27-10-12-28(13-11-27)23(29)18-4-7-20-17(14-18)8-9-24-20/h2-9,14,21-22,24-26H,10-13,15H2,1H3. The maximum atomic E-state index is 12.9. The predicted octanol–water partition coefficient (Wildman–Crippen LogP) is 2.50. The summed E-state index contributed by atoms with van der Waals surface area (Å²) in [4.78, 5) is 20.5. The van der Waals surface area contributed by atoms with E-state index in [1.807, 2.05) is 47.5 Å². The third-order valence-electron chi connectivity index (χ3n) is 6.24. The molecule has 7 nitrogen and oxygen atoms in total. The molecule has 30 heavy (non-hydrogen) atoms. The number of fused-ring (bicyclic) bond motifs is 1. The van der Waals surface area contributed by atoms with Gasteiger partial charge in [-0.25, -0.2) is 10.9 Å². The second kappa shape index (κ2) is 8.10. The van der Waals surface area contributed by atoms with Gasteiger partial charge in [0.25, 0.3) is 5.91 Å². The van der Waals surface area contributed by atoms with E-state index in [4.69, 9.17) is 4.74 Å². The number of rotatable bonds is 4. The molecule has 2 atom stereocenters. The Bertz CT molecular complexity index is 1020. The zero-order chi connectivity index (χ0) is 20.5. The molecule has 7 heteroatoms. The number of piperazine rings is 1. The number of hydrazine groups is 1. The Kier molecular flexibility index (Phi) is 5.16. The number of carbonyl (C=O) groups excluding carboxylic acids is 1. The normalized spacial score (nSPS) is 22.5. The minimum absolute atomic E-state index is 0.117. The molecule has 0 aliphatic carbocycles. The maximum absolute atomic E-state index is 12.9. The monoisotopic (exact) mass is 405 g/mol. The molecule has 0 saturated carbocycles. The molecule has 2 aromatic carbocycles. The smallest absolute Gasteiger partial charge is 0.253 e. The van der Waals surface area contributed by atoms with Gasteiger partial charge in [0.15, 0.2) is 0 Å². The van der Waals surface area contributed by atoms with E-state index in [2.05, 4.69) is 32.9 Å². The van der Waals surface area contributed by atoms with E-state index in [-0.39, 0.29) is 18.1 Å². The van der Waals surface area contributed by atoms with Gasteiger partial charge in [-0.2, -0.15) is 0 Å². The fourth-order valence-corrected chi connectivity index (χ4v) is 4.44. The Morgan fingerprint density at radius 2 is 1.80 bits per heavy atom. The number of aromatic nitrogens is 1. The molecule has 3 N–H and O–H groups in total. The first-order chi connectivity index (χ1) is 14.7. The first kappa shape index (κ1) is 19.1. The van der Waals surface area contributed by atoms with Crippen molar-refractivity contribution >= 4 is 16.8 Å². The third kappa shape index (κ3) is 3.67. The highest BCUT2D eigenvalue weighted by Crippen LogP contribution is 2.26. The zero-order valence-corrected chi connectivity index (χ0v) is 17.1. The van der Waals surface area contributed by atoms with Crippen molar-refractivity contribution in [2.24, 2.45) is 0 Å². The molecule has 1 amide bonds. The number of amides is 1. The van der Waals surface area contributed by atoms with Gasteiger partial charge in [-0.3, -0.25) is 9.69 Å². The van der Waals surface area contributed by atoms with Crippen LogP contribution in [0, 0.1) is 0 Å². The molecule has 0 radical (unpaired) electrons. The van der Waals surface area contributed by atoms with Crippen LogP contribution in [-0.2, 0) is 0 Å². The van der Waals surface area contributed by atoms with Crippen LogP contribution in [0.1, 0.15) is 28.4 Å². The number of aromatic amines is 1. The summed E-state index contributed by atoms with van der Waals surface area (Å²) >= 11 is 0. The molecule has 2 aliphatic rings. The highest BCUT2D eigenvalue weighted by atomic mass is 16.5. The largest absolute Gasteiger partial charge is 0.497 e. The Hall–Kier alpha value is -2.87. The molecular formula is C23H27N5O2. The van der Waals surface area contributed by atoms with Gasteiger partial charge in [0.05, 0.1) is 13.3 Å². The second-order valence-corrected chi connectivity index (χ2v) is 7.97. The van der Waals surface area contributed by atoms with Gasteiger partial charge in [-0.15, -0.1) is 0 Å². The average molecular weight is 406 g/mol. The van der Waals surface area contributed by atoms with Crippen molar-refractivity contribution in [1.29, 1.82) is 0 Å². The highest BCUT2D eigenvalue weighted by molar-refractivity contribution is 5.98. The van der Waals surface area contributed by atoms with Crippen LogP contribution in [0.5, 0.6) is 5.75 Å². The minimum Gasteiger partial charge on any atom is -0.497 e. The zero-order valence-electron chi connectivity index (χ0n) is 17.1. The van der Waals surface area contributed by atoms with E-state index in [0.29, 0.717) is 0 Å². The summed E-state index contributed by atoms with van der Waals surface area (Å²) < 4.78 is 5.25. The lowest BCUT2D eigenvalue weighted by Gasteiger charge is -2.37. The van der Waals surface area contributed by atoms with Gasteiger partial charge < -0.3 is 14.6 Å². The first-order valence-corrected chi connectivity index (χ1v) is 10.5. The number of hydrogen-bond donors (Lipinski definition) is 3. The van der Waals surface area contributed by atoms with Gasteiger partial charge in [0, 0.05) is 54.9 Å². The van der Waals surface area contributed by atoms with E-state index in [1.54, 1.807) is 7.11 Å². The molecule has 1 aromatic heterocycles. The Morgan fingerprint density at radius 3 is 2.57 bits per heavy atom. The van der Waals surface area contributed by atoms with Crippen LogP contribution >= 0.6 is 0 Å². The Balaban J connectivity index is 1.17. The molecule has 2 aliphatic heterocycles. The van der Waals surface area contributed by atoms with E-state index < -0.39 is 0 Å². The van der Waals surface area contributed by atoms with Crippen molar-refractivity contribution < 1.29 is 9.53 Å². The molecule has 2 unspecified atom stereocenters. The van der Waals surface area contributed by atoms with Gasteiger partial charge in [-0.1, -0.05) is 12.1 Å². The van der Waals surface area contributed by atoms with E-state index in [9.17, 15) is 4.79 Å². The summed E-state index contributed by atoms with van der Waals surface area (Å²) in [7, 11) is 1.68. The molecule has 5 rings (SSSR count). The van der Waals surface area contributed by atoms with Crippen LogP contribution in [0.3, 0.4) is 0 Å². The third-order valence-corrected chi connectivity index (χ3v) is 6.24. The predicted molar refractivity (Wildman–Crippen MR) is 116 cm³/mol. The van der Waals surface area contributed by atoms with Crippen LogP contribution in [0.25, 0.3) is 10.9 Å². The topological polar surface area (TPSA) is 72.6 Å². The summed E-state index contributed by atoms with van der Waals surface area (Å²) in [6, 6.07) is 16.4. The summed E-state index contributed by atoms with van der Waals surface area (Å²) in [5.74, 6) is 0.990. The van der Waals surface area contributed by atoms with Crippen LogP contribution in [0.2, 0.25) is 0 Å². The lowest BCUT2D eigenvalue weighted by atomic mass is 10.0. The van der Waals surface area contributed by atoms with Crippen LogP contribution in [-0.4, -0.2) is 60.1 Å². The van der Waals surface area contributed by atoms with E-state index in [1.165, 1.54) is 5.56 Å². The summed E-state index contributed by atoms with van der Waals surface area (Å²) in [5, 5.41) is 1.07. The van der Waals surface area contributed by atoms with Gasteiger partial charge in [0.1, 0.15) is 5.75 Å². The number of nitrogens with zero attached hydrogens (tertiary/aromatic N) is 2. The summed E-state index contributed by atoms with van der Waals surface area (Å²) in [6.07, 6.45) is 3.16. The average Bonchev–Trinajstić information content (AvgIpc) is 3.48. The fraction of sp³-hybridized carbons (Fsp3) is 0.348. The molecule has 156 valence electrons. The molecule has 3 heterocycles. The number of nitrogens with one attached hydrogen (secondary N) is 3. The van der Waals surface area contributed by atoms with E-state index in [0.717, 1.165) is 54.8 Å². The summed E-state index contributed by atoms with van der Waals surface area (Å²) in [6.45, 7) is 3.23. The molecule has 2 fully saturated rings. The van der Waals surface area contributed by atoms with Crippen molar-refractivity contribution in [1.82, 2.24) is 25.6 Å². The van der Waals surface area contributed by atoms with Gasteiger partial charge in [0.2, 0.25) is 0 Å². The van der Waals surface area contributed by atoms with Crippen LogP contribution in [0.4, 0.5) is 0 Å². The number of carbonyl (C=O) groups is 1. The van der Waals surface area contributed by atoms with E-state index >= 15 is 0 Å². The second-order valence-electron chi connectivity index (χ2n) is 7.97. The molecule has 2 saturated heterocycles. The number of H-pyrrole nitrogens is 1.